The lowest BCUT2D eigenvalue weighted by Gasteiger charge is -2.12. The van der Waals surface area contributed by atoms with E-state index in [0.717, 1.165) is 6.42 Å². The van der Waals surface area contributed by atoms with Crippen molar-refractivity contribution in [3.05, 3.63) is 23.2 Å². The molecule has 1 aromatic rings. The molecule has 0 saturated heterocycles. The summed E-state index contributed by atoms with van der Waals surface area (Å²) in [6.07, 6.45) is 1.31. The smallest absolute Gasteiger partial charge is 0.241 e. The maximum absolute atomic E-state index is 11.9. The van der Waals surface area contributed by atoms with Crippen LogP contribution in [0.15, 0.2) is 18.2 Å². The van der Waals surface area contributed by atoms with Crippen LogP contribution in [-0.2, 0) is 4.79 Å². The quantitative estimate of drug-likeness (QED) is 0.890. The summed E-state index contributed by atoms with van der Waals surface area (Å²) in [6, 6.07) is 6.92. The topological polar surface area (TPSA) is 62.1 Å². The van der Waals surface area contributed by atoms with Gasteiger partial charge >= 0.3 is 0 Å². The molecule has 1 unspecified atom stereocenters. The summed E-state index contributed by atoms with van der Waals surface area (Å²) >= 11 is 5.86. The molecule has 1 N–H and O–H groups in total. The van der Waals surface area contributed by atoms with Crippen LogP contribution in [0.1, 0.15) is 19.8 Å². The maximum Gasteiger partial charge on any atom is 0.241 e. The zero-order valence-electron chi connectivity index (χ0n) is 10.4. The lowest BCUT2D eigenvalue weighted by atomic mass is 10.0. The van der Waals surface area contributed by atoms with Crippen LogP contribution >= 0.6 is 11.6 Å². The number of hydrogen-bond acceptors (Lipinski definition) is 3. The van der Waals surface area contributed by atoms with Crippen molar-refractivity contribution >= 4 is 23.2 Å². The third-order valence-corrected chi connectivity index (χ3v) is 2.70. The number of ether oxygens (including phenoxy) is 1. The number of anilines is 1. The molecule has 0 aliphatic rings. The largest absolute Gasteiger partial charge is 0.495 e. The summed E-state index contributed by atoms with van der Waals surface area (Å²) in [5.41, 5.74) is 0.478. The fourth-order valence-electron chi connectivity index (χ4n) is 1.54. The molecule has 0 aliphatic heterocycles. The molecule has 1 aromatic carbocycles. The Balaban J connectivity index is 2.87. The van der Waals surface area contributed by atoms with Gasteiger partial charge in [0.15, 0.2) is 0 Å². The number of nitrogens with zero attached hydrogens (tertiary/aromatic N) is 1. The summed E-state index contributed by atoms with van der Waals surface area (Å²) < 4.78 is 5.12. The minimum Gasteiger partial charge on any atom is -0.495 e. The Kier molecular flexibility index (Phi) is 5.47. The number of methoxy groups -OCH3 is 1. The van der Waals surface area contributed by atoms with E-state index in [1.807, 2.05) is 13.0 Å². The Bertz CT molecular complexity index is 469. The predicted octanol–water partition coefficient (Wildman–Crippen LogP) is 3.23. The number of amides is 1. The van der Waals surface area contributed by atoms with Gasteiger partial charge in [0, 0.05) is 5.02 Å². The molecule has 0 saturated carbocycles. The minimum absolute atomic E-state index is 0.333. The molecule has 0 spiro atoms. The lowest BCUT2D eigenvalue weighted by molar-refractivity contribution is -0.118. The second-order valence-electron chi connectivity index (χ2n) is 3.80. The molecule has 18 heavy (non-hydrogen) atoms. The van der Waals surface area contributed by atoms with Crippen LogP contribution in [0.4, 0.5) is 5.69 Å². The number of benzene rings is 1. The van der Waals surface area contributed by atoms with Gasteiger partial charge in [-0.1, -0.05) is 24.9 Å². The van der Waals surface area contributed by atoms with Crippen molar-refractivity contribution in [2.75, 3.05) is 12.4 Å². The number of carbonyl (C=O) groups is 1. The SMILES string of the molecule is CCCC(C#N)C(=O)Nc1cc(Cl)ccc1OC. The third-order valence-electron chi connectivity index (χ3n) is 2.47. The van der Waals surface area contributed by atoms with Gasteiger partial charge in [0.05, 0.1) is 18.9 Å². The van der Waals surface area contributed by atoms with Crippen molar-refractivity contribution in [2.24, 2.45) is 5.92 Å². The second kappa shape index (κ2) is 6.87. The zero-order chi connectivity index (χ0) is 13.5. The Hall–Kier alpha value is -1.73. The van der Waals surface area contributed by atoms with Gasteiger partial charge in [-0.25, -0.2) is 0 Å². The summed E-state index contributed by atoms with van der Waals surface area (Å²) in [4.78, 5) is 11.9. The van der Waals surface area contributed by atoms with E-state index >= 15 is 0 Å². The fourth-order valence-corrected chi connectivity index (χ4v) is 1.71. The van der Waals surface area contributed by atoms with Gasteiger partial charge in [-0.05, 0) is 24.6 Å². The van der Waals surface area contributed by atoms with E-state index in [1.165, 1.54) is 7.11 Å². The number of halogens is 1. The monoisotopic (exact) mass is 266 g/mol. The third kappa shape index (κ3) is 3.64. The van der Waals surface area contributed by atoms with E-state index in [2.05, 4.69) is 5.32 Å². The highest BCUT2D eigenvalue weighted by atomic mass is 35.5. The van der Waals surface area contributed by atoms with E-state index in [9.17, 15) is 4.79 Å². The summed E-state index contributed by atoms with van der Waals surface area (Å²) in [5, 5.41) is 12.1. The standard InChI is InChI=1S/C13H15ClN2O2/c1-3-4-9(8-15)13(17)16-11-7-10(14)5-6-12(11)18-2/h5-7,9H,3-4H2,1-2H3,(H,16,17). The number of nitrogens with one attached hydrogen (secondary N) is 1. The van der Waals surface area contributed by atoms with E-state index in [0.29, 0.717) is 22.9 Å². The lowest BCUT2D eigenvalue weighted by Crippen LogP contribution is -2.21. The van der Waals surface area contributed by atoms with E-state index < -0.39 is 5.92 Å². The van der Waals surface area contributed by atoms with E-state index in [4.69, 9.17) is 21.6 Å². The van der Waals surface area contributed by atoms with Crippen LogP contribution in [0.5, 0.6) is 5.75 Å². The van der Waals surface area contributed by atoms with Crippen molar-refractivity contribution in [3.63, 3.8) is 0 Å². The van der Waals surface area contributed by atoms with Gasteiger partial charge < -0.3 is 10.1 Å². The summed E-state index contributed by atoms with van der Waals surface area (Å²) in [5.74, 6) is -0.473. The van der Waals surface area contributed by atoms with Crippen LogP contribution in [0.25, 0.3) is 0 Å². The van der Waals surface area contributed by atoms with Crippen molar-refractivity contribution < 1.29 is 9.53 Å². The first-order chi connectivity index (χ1) is 8.62. The predicted molar refractivity (Wildman–Crippen MR) is 70.6 cm³/mol. The molecular weight excluding hydrogens is 252 g/mol. The number of rotatable bonds is 5. The Morgan fingerprint density at radius 2 is 2.33 bits per heavy atom. The number of nitriles is 1. The first-order valence-corrected chi connectivity index (χ1v) is 6.04. The molecule has 0 aliphatic carbocycles. The molecule has 0 radical (unpaired) electrons. The van der Waals surface area contributed by atoms with Crippen molar-refractivity contribution in [2.45, 2.75) is 19.8 Å². The van der Waals surface area contributed by atoms with Crippen LogP contribution in [-0.4, -0.2) is 13.0 Å². The maximum atomic E-state index is 11.9. The highest BCUT2D eigenvalue weighted by molar-refractivity contribution is 6.31. The van der Waals surface area contributed by atoms with Gasteiger partial charge in [0.1, 0.15) is 11.7 Å². The normalized spacial score (nSPS) is 11.4. The van der Waals surface area contributed by atoms with E-state index in [1.54, 1.807) is 18.2 Å². The second-order valence-corrected chi connectivity index (χ2v) is 4.24. The molecule has 1 amide bonds. The zero-order valence-corrected chi connectivity index (χ0v) is 11.1. The molecule has 0 fully saturated rings. The fraction of sp³-hybridized carbons (Fsp3) is 0.385. The molecule has 96 valence electrons. The van der Waals surface area contributed by atoms with Crippen LogP contribution in [0.3, 0.4) is 0 Å². The number of hydrogen-bond donors (Lipinski definition) is 1. The molecule has 4 nitrogen and oxygen atoms in total. The highest BCUT2D eigenvalue weighted by Gasteiger charge is 2.18. The Labute approximate surface area is 112 Å². The first kappa shape index (κ1) is 14.3. The summed E-state index contributed by atoms with van der Waals surface area (Å²) in [6.45, 7) is 1.93. The molecule has 0 heterocycles. The van der Waals surface area contributed by atoms with Crippen LogP contribution in [0.2, 0.25) is 5.02 Å². The summed E-state index contributed by atoms with van der Waals surface area (Å²) in [7, 11) is 1.51. The molecule has 0 bridgehead atoms. The van der Waals surface area contributed by atoms with E-state index in [-0.39, 0.29) is 5.91 Å². The van der Waals surface area contributed by atoms with Gasteiger partial charge in [-0.3, -0.25) is 4.79 Å². The molecule has 5 heteroatoms. The molecule has 1 rings (SSSR count). The van der Waals surface area contributed by atoms with Gasteiger partial charge in [0.2, 0.25) is 5.91 Å². The Morgan fingerprint density at radius 1 is 1.61 bits per heavy atom. The number of carbonyl (C=O) groups excluding carboxylic acids is 1. The van der Waals surface area contributed by atoms with Gasteiger partial charge in [0.25, 0.3) is 0 Å². The van der Waals surface area contributed by atoms with Gasteiger partial charge in [-0.2, -0.15) is 5.26 Å². The van der Waals surface area contributed by atoms with Crippen molar-refractivity contribution in [1.29, 1.82) is 5.26 Å². The first-order valence-electron chi connectivity index (χ1n) is 5.66. The van der Waals surface area contributed by atoms with Crippen LogP contribution < -0.4 is 10.1 Å². The Morgan fingerprint density at radius 3 is 2.89 bits per heavy atom. The van der Waals surface area contributed by atoms with Crippen molar-refractivity contribution in [3.8, 4) is 11.8 Å². The van der Waals surface area contributed by atoms with Crippen molar-refractivity contribution in [1.82, 2.24) is 0 Å². The molecular formula is C13H15ClN2O2. The average molecular weight is 267 g/mol. The molecule has 0 aromatic heterocycles. The van der Waals surface area contributed by atoms with Crippen LogP contribution in [0, 0.1) is 17.2 Å². The van der Waals surface area contributed by atoms with Gasteiger partial charge in [-0.15, -0.1) is 0 Å². The highest BCUT2D eigenvalue weighted by Crippen LogP contribution is 2.28. The minimum atomic E-state index is -0.654. The molecule has 1 atom stereocenters. The average Bonchev–Trinajstić information content (AvgIpc) is 2.36.